The van der Waals surface area contributed by atoms with E-state index in [2.05, 4.69) is 22.0 Å². The molecule has 0 aliphatic rings. The molecule has 0 spiro atoms. The zero-order chi connectivity index (χ0) is 15.1. The molecule has 21 heavy (non-hydrogen) atoms. The molecule has 0 bridgehead atoms. The van der Waals surface area contributed by atoms with Crippen molar-refractivity contribution in [3.63, 3.8) is 0 Å². The summed E-state index contributed by atoms with van der Waals surface area (Å²) >= 11 is 5.98. The second-order valence-electron chi connectivity index (χ2n) is 4.76. The van der Waals surface area contributed by atoms with Crippen LogP contribution in [-0.2, 0) is 15.4 Å². The van der Waals surface area contributed by atoms with Gasteiger partial charge >= 0.3 is 0 Å². The number of ether oxygens (including phenoxy) is 2. The summed E-state index contributed by atoms with van der Waals surface area (Å²) in [6, 6.07) is 10.2. The third-order valence-electron chi connectivity index (χ3n) is 3.36. The van der Waals surface area contributed by atoms with Crippen molar-refractivity contribution in [2.75, 3.05) is 45.4 Å². The molecule has 0 aliphatic heterocycles. The lowest BCUT2D eigenvalue weighted by Gasteiger charge is -2.26. The third kappa shape index (κ3) is 4.06. The monoisotopic (exact) mass is 308 g/mol. The molecule has 1 aromatic carbocycles. The van der Waals surface area contributed by atoms with Crippen molar-refractivity contribution in [3.05, 3.63) is 36.0 Å². The summed E-state index contributed by atoms with van der Waals surface area (Å²) in [7, 11) is 3.42. The quantitative estimate of drug-likeness (QED) is 0.702. The Morgan fingerprint density at radius 1 is 1.10 bits per heavy atom. The Bertz CT molecular complexity index is 569. The van der Waals surface area contributed by atoms with E-state index in [4.69, 9.17) is 21.1 Å². The molecular formula is C16H21ClN2O2. The molecule has 0 fully saturated rings. The van der Waals surface area contributed by atoms with E-state index in [1.54, 1.807) is 14.2 Å². The molecule has 4 nitrogen and oxygen atoms in total. The second-order valence-corrected chi connectivity index (χ2v) is 5.02. The Hall–Kier alpha value is -1.36. The van der Waals surface area contributed by atoms with E-state index in [0.29, 0.717) is 19.1 Å². The largest absolute Gasteiger partial charge is 0.383 e. The molecule has 0 amide bonds. The highest BCUT2D eigenvalue weighted by atomic mass is 35.5. The number of alkyl halides is 1. The van der Waals surface area contributed by atoms with Gasteiger partial charge in [-0.25, -0.2) is 0 Å². The fourth-order valence-corrected chi connectivity index (χ4v) is 2.43. The van der Waals surface area contributed by atoms with Crippen LogP contribution in [0, 0.1) is 0 Å². The average molecular weight is 309 g/mol. The van der Waals surface area contributed by atoms with Crippen molar-refractivity contribution < 1.29 is 9.47 Å². The zero-order valence-electron chi connectivity index (χ0n) is 12.5. The molecule has 0 saturated heterocycles. The molecule has 2 aromatic rings. The van der Waals surface area contributed by atoms with Gasteiger partial charge in [0.2, 0.25) is 0 Å². The highest BCUT2D eigenvalue weighted by Gasteiger charge is 2.12. The SMILES string of the molecule is COCCN(CCOC)c1cc(CCl)nc2ccccc12. The highest BCUT2D eigenvalue weighted by molar-refractivity contribution is 6.17. The molecule has 0 N–H and O–H groups in total. The maximum atomic E-state index is 5.98. The van der Waals surface area contributed by atoms with Crippen molar-refractivity contribution >= 4 is 28.2 Å². The summed E-state index contributed by atoms with van der Waals surface area (Å²) < 4.78 is 10.4. The number of hydrogen-bond donors (Lipinski definition) is 0. The first-order chi connectivity index (χ1) is 10.3. The molecule has 1 aromatic heterocycles. The van der Waals surface area contributed by atoms with Crippen LogP contribution in [0.5, 0.6) is 0 Å². The van der Waals surface area contributed by atoms with Crippen LogP contribution in [0.15, 0.2) is 30.3 Å². The minimum Gasteiger partial charge on any atom is -0.383 e. The smallest absolute Gasteiger partial charge is 0.0726 e. The van der Waals surface area contributed by atoms with Crippen LogP contribution in [0.25, 0.3) is 10.9 Å². The van der Waals surface area contributed by atoms with E-state index in [1.807, 2.05) is 18.2 Å². The van der Waals surface area contributed by atoms with E-state index in [1.165, 1.54) is 0 Å². The number of aromatic nitrogens is 1. The van der Waals surface area contributed by atoms with Crippen LogP contribution in [0.4, 0.5) is 5.69 Å². The topological polar surface area (TPSA) is 34.6 Å². The molecule has 0 unspecified atom stereocenters. The van der Waals surface area contributed by atoms with E-state index >= 15 is 0 Å². The number of anilines is 1. The Morgan fingerprint density at radius 3 is 2.38 bits per heavy atom. The van der Waals surface area contributed by atoms with Gasteiger partial charge in [0, 0.05) is 38.4 Å². The van der Waals surface area contributed by atoms with Gasteiger partial charge in [-0.2, -0.15) is 0 Å². The average Bonchev–Trinajstić information content (AvgIpc) is 2.54. The third-order valence-corrected chi connectivity index (χ3v) is 3.63. The molecule has 0 radical (unpaired) electrons. The summed E-state index contributed by atoms with van der Waals surface area (Å²) in [5.74, 6) is 0.403. The van der Waals surface area contributed by atoms with Crippen molar-refractivity contribution in [3.8, 4) is 0 Å². The predicted octanol–water partition coefficient (Wildman–Crippen LogP) is 3.07. The van der Waals surface area contributed by atoms with E-state index in [9.17, 15) is 0 Å². The molecule has 2 rings (SSSR count). The van der Waals surface area contributed by atoms with Gasteiger partial charge in [0.05, 0.1) is 30.3 Å². The van der Waals surface area contributed by atoms with E-state index < -0.39 is 0 Å². The Labute approximate surface area is 130 Å². The first kappa shape index (κ1) is 16.0. The number of rotatable bonds is 8. The summed E-state index contributed by atoms with van der Waals surface area (Å²) in [4.78, 5) is 6.83. The number of fused-ring (bicyclic) bond motifs is 1. The van der Waals surface area contributed by atoms with Crippen LogP contribution in [0.1, 0.15) is 5.69 Å². The van der Waals surface area contributed by atoms with E-state index in [-0.39, 0.29) is 0 Å². The van der Waals surface area contributed by atoms with Crippen molar-refractivity contribution in [2.45, 2.75) is 5.88 Å². The number of pyridine rings is 1. The number of hydrogen-bond acceptors (Lipinski definition) is 4. The van der Waals surface area contributed by atoms with Gasteiger partial charge in [0.25, 0.3) is 0 Å². The number of methoxy groups -OCH3 is 2. The normalized spacial score (nSPS) is 11.0. The van der Waals surface area contributed by atoms with Gasteiger partial charge in [-0.1, -0.05) is 18.2 Å². The molecule has 5 heteroatoms. The van der Waals surface area contributed by atoms with Gasteiger partial charge in [0.15, 0.2) is 0 Å². The summed E-state index contributed by atoms with van der Waals surface area (Å²) in [5, 5.41) is 1.12. The standard InChI is InChI=1S/C16H21ClN2O2/c1-20-9-7-19(8-10-21-2)16-11-13(12-17)18-15-6-4-3-5-14(15)16/h3-6,11H,7-10,12H2,1-2H3. The van der Waals surface area contributed by atoms with Crippen LogP contribution in [0.2, 0.25) is 0 Å². The van der Waals surface area contributed by atoms with Crippen LogP contribution < -0.4 is 4.90 Å². The minimum atomic E-state index is 0.403. The number of halogens is 1. The summed E-state index contributed by atoms with van der Waals surface area (Å²) in [6.45, 7) is 2.93. The Balaban J connectivity index is 2.43. The lowest BCUT2D eigenvalue weighted by Crippen LogP contribution is -2.31. The number of para-hydroxylation sites is 1. The Kier molecular flexibility index (Phi) is 6.23. The van der Waals surface area contributed by atoms with Gasteiger partial charge in [-0.3, -0.25) is 4.98 Å². The number of nitrogens with zero attached hydrogens (tertiary/aromatic N) is 2. The summed E-state index contributed by atoms with van der Waals surface area (Å²) in [6.07, 6.45) is 0. The van der Waals surface area contributed by atoms with Crippen molar-refractivity contribution in [1.29, 1.82) is 0 Å². The zero-order valence-corrected chi connectivity index (χ0v) is 13.3. The maximum absolute atomic E-state index is 5.98. The molecule has 0 atom stereocenters. The van der Waals surface area contributed by atoms with E-state index in [0.717, 1.165) is 35.4 Å². The van der Waals surface area contributed by atoms with Gasteiger partial charge in [-0.15, -0.1) is 11.6 Å². The first-order valence-electron chi connectivity index (χ1n) is 6.97. The molecule has 0 aliphatic carbocycles. The minimum absolute atomic E-state index is 0.403. The fourth-order valence-electron chi connectivity index (χ4n) is 2.30. The summed E-state index contributed by atoms with van der Waals surface area (Å²) in [5.41, 5.74) is 2.97. The molecular weight excluding hydrogens is 288 g/mol. The van der Waals surface area contributed by atoms with Crippen molar-refractivity contribution in [2.24, 2.45) is 0 Å². The lowest BCUT2D eigenvalue weighted by atomic mass is 10.1. The maximum Gasteiger partial charge on any atom is 0.0726 e. The fraction of sp³-hybridized carbons (Fsp3) is 0.438. The highest BCUT2D eigenvalue weighted by Crippen LogP contribution is 2.27. The second kappa shape index (κ2) is 8.17. The first-order valence-corrected chi connectivity index (χ1v) is 7.51. The molecule has 1 heterocycles. The Morgan fingerprint density at radius 2 is 1.76 bits per heavy atom. The molecule has 0 saturated carbocycles. The van der Waals surface area contributed by atoms with Crippen LogP contribution in [0.3, 0.4) is 0 Å². The van der Waals surface area contributed by atoms with Gasteiger partial charge in [0.1, 0.15) is 0 Å². The van der Waals surface area contributed by atoms with Gasteiger partial charge in [-0.05, 0) is 12.1 Å². The number of benzene rings is 1. The van der Waals surface area contributed by atoms with Crippen molar-refractivity contribution in [1.82, 2.24) is 4.98 Å². The molecule has 114 valence electrons. The lowest BCUT2D eigenvalue weighted by molar-refractivity contribution is 0.190. The van der Waals surface area contributed by atoms with Gasteiger partial charge < -0.3 is 14.4 Å². The predicted molar refractivity (Wildman–Crippen MR) is 87.3 cm³/mol. The van der Waals surface area contributed by atoms with Crippen LogP contribution >= 0.6 is 11.6 Å². The van der Waals surface area contributed by atoms with Crippen LogP contribution in [-0.4, -0.2) is 45.5 Å².